The summed E-state index contributed by atoms with van der Waals surface area (Å²) in [4.78, 5) is 21.9. The number of aliphatic carboxylic acids is 1. The molecule has 0 aliphatic heterocycles. The molecule has 0 fully saturated rings. The molecule has 0 saturated carbocycles. The third kappa shape index (κ3) is 3.30. The largest absolute Gasteiger partial charge is 0.481 e. The van der Waals surface area contributed by atoms with E-state index in [0.717, 1.165) is 17.9 Å². The Morgan fingerprint density at radius 2 is 2.00 bits per heavy atom. The number of amides is 1. The SMILES string of the molecule is CCn1nc(C)c(NC(=O)CCC(=O)O)c1C. The summed E-state index contributed by atoms with van der Waals surface area (Å²) in [5.41, 5.74) is 2.31. The lowest BCUT2D eigenvalue weighted by molar-refractivity contribution is -0.138. The van der Waals surface area contributed by atoms with Crippen LogP contribution in [0.3, 0.4) is 0 Å². The van der Waals surface area contributed by atoms with Crippen LogP contribution < -0.4 is 5.32 Å². The molecule has 0 radical (unpaired) electrons. The van der Waals surface area contributed by atoms with Crippen LogP contribution in [-0.4, -0.2) is 26.8 Å². The Bertz CT molecular complexity index is 437. The molecule has 0 aromatic carbocycles. The van der Waals surface area contributed by atoms with Gasteiger partial charge in [0.2, 0.25) is 5.91 Å². The number of nitrogens with one attached hydrogen (secondary N) is 1. The van der Waals surface area contributed by atoms with Gasteiger partial charge in [0.25, 0.3) is 0 Å². The van der Waals surface area contributed by atoms with Gasteiger partial charge in [0.15, 0.2) is 0 Å². The second-order valence-electron chi connectivity index (χ2n) is 3.80. The molecule has 17 heavy (non-hydrogen) atoms. The van der Waals surface area contributed by atoms with E-state index in [1.165, 1.54) is 0 Å². The minimum atomic E-state index is -0.974. The van der Waals surface area contributed by atoms with E-state index in [9.17, 15) is 9.59 Å². The van der Waals surface area contributed by atoms with Crippen molar-refractivity contribution in [2.75, 3.05) is 5.32 Å². The lowest BCUT2D eigenvalue weighted by Crippen LogP contribution is -2.14. The van der Waals surface area contributed by atoms with Crippen molar-refractivity contribution < 1.29 is 14.7 Å². The Morgan fingerprint density at radius 1 is 1.35 bits per heavy atom. The standard InChI is InChI=1S/C11H17N3O3/c1-4-14-8(3)11(7(2)13-14)12-9(15)5-6-10(16)17/h4-6H2,1-3H3,(H,12,15)(H,16,17). The summed E-state index contributed by atoms with van der Waals surface area (Å²) in [7, 11) is 0. The number of carbonyl (C=O) groups is 2. The van der Waals surface area contributed by atoms with Crippen LogP contribution in [0.2, 0.25) is 0 Å². The molecule has 94 valence electrons. The highest BCUT2D eigenvalue weighted by Crippen LogP contribution is 2.19. The molecule has 0 unspecified atom stereocenters. The molecule has 0 saturated heterocycles. The first kappa shape index (κ1) is 13.2. The maximum atomic E-state index is 11.5. The number of carboxylic acid groups (broad SMARTS) is 1. The van der Waals surface area contributed by atoms with Crippen LogP contribution in [0.1, 0.15) is 31.2 Å². The summed E-state index contributed by atoms with van der Waals surface area (Å²) in [5.74, 6) is -1.27. The minimum absolute atomic E-state index is 0.0223. The smallest absolute Gasteiger partial charge is 0.303 e. The number of aryl methyl sites for hydroxylation is 2. The molecule has 6 nitrogen and oxygen atoms in total. The maximum Gasteiger partial charge on any atom is 0.303 e. The van der Waals surface area contributed by atoms with E-state index in [0.29, 0.717) is 5.69 Å². The monoisotopic (exact) mass is 239 g/mol. The maximum absolute atomic E-state index is 11.5. The Hall–Kier alpha value is -1.85. The van der Waals surface area contributed by atoms with Gasteiger partial charge in [-0.2, -0.15) is 5.10 Å². The van der Waals surface area contributed by atoms with Crippen LogP contribution in [0.25, 0.3) is 0 Å². The van der Waals surface area contributed by atoms with Gasteiger partial charge < -0.3 is 10.4 Å². The highest BCUT2D eigenvalue weighted by atomic mass is 16.4. The van der Waals surface area contributed by atoms with Crippen molar-refractivity contribution in [2.24, 2.45) is 0 Å². The number of carbonyl (C=O) groups excluding carboxylic acids is 1. The van der Waals surface area contributed by atoms with Crippen molar-refractivity contribution in [3.8, 4) is 0 Å². The van der Waals surface area contributed by atoms with E-state index in [1.807, 2.05) is 20.8 Å². The molecule has 1 amide bonds. The van der Waals surface area contributed by atoms with Gasteiger partial charge in [-0.25, -0.2) is 0 Å². The van der Waals surface area contributed by atoms with Gasteiger partial charge in [-0.3, -0.25) is 14.3 Å². The van der Waals surface area contributed by atoms with Gasteiger partial charge in [-0.15, -0.1) is 0 Å². The zero-order chi connectivity index (χ0) is 13.0. The third-order valence-electron chi connectivity index (χ3n) is 2.51. The van der Waals surface area contributed by atoms with E-state index in [4.69, 9.17) is 5.11 Å². The molecule has 1 rings (SSSR count). The van der Waals surface area contributed by atoms with Crippen molar-refractivity contribution in [2.45, 2.75) is 40.2 Å². The molecule has 1 aromatic rings. The number of rotatable bonds is 5. The molecular formula is C11H17N3O3. The van der Waals surface area contributed by atoms with E-state index in [1.54, 1.807) is 4.68 Å². The molecule has 6 heteroatoms. The molecular weight excluding hydrogens is 222 g/mol. The number of anilines is 1. The van der Waals surface area contributed by atoms with Crippen molar-refractivity contribution >= 4 is 17.6 Å². The topological polar surface area (TPSA) is 84.2 Å². The van der Waals surface area contributed by atoms with E-state index >= 15 is 0 Å². The molecule has 1 aromatic heterocycles. The van der Waals surface area contributed by atoms with Gasteiger partial charge in [-0.1, -0.05) is 0 Å². The lowest BCUT2D eigenvalue weighted by Gasteiger charge is -2.05. The average molecular weight is 239 g/mol. The summed E-state index contributed by atoms with van der Waals surface area (Å²) < 4.78 is 1.79. The predicted molar refractivity (Wildman–Crippen MR) is 62.9 cm³/mol. The molecule has 0 aliphatic carbocycles. The van der Waals surface area contributed by atoms with Crippen molar-refractivity contribution in [3.05, 3.63) is 11.4 Å². The van der Waals surface area contributed by atoms with Gasteiger partial charge in [-0.05, 0) is 20.8 Å². The first-order valence-electron chi connectivity index (χ1n) is 5.51. The summed E-state index contributed by atoms with van der Waals surface area (Å²) in [6.07, 6.45) is -0.183. The first-order valence-corrected chi connectivity index (χ1v) is 5.51. The Morgan fingerprint density at radius 3 is 2.47 bits per heavy atom. The van der Waals surface area contributed by atoms with Gasteiger partial charge >= 0.3 is 5.97 Å². The third-order valence-corrected chi connectivity index (χ3v) is 2.51. The number of aromatic nitrogens is 2. The summed E-state index contributed by atoms with van der Waals surface area (Å²) in [6.45, 7) is 6.38. The molecule has 0 spiro atoms. The fraction of sp³-hybridized carbons (Fsp3) is 0.545. The average Bonchev–Trinajstić information content (AvgIpc) is 2.53. The number of carboxylic acids is 1. The zero-order valence-corrected chi connectivity index (χ0v) is 10.3. The van der Waals surface area contributed by atoms with Crippen LogP contribution in [0.15, 0.2) is 0 Å². The molecule has 0 bridgehead atoms. The predicted octanol–water partition coefficient (Wildman–Crippen LogP) is 1.32. The van der Waals surface area contributed by atoms with Crippen LogP contribution in [0.4, 0.5) is 5.69 Å². The Kier molecular flexibility index (Phi) is 4.25. The van der Waals surface area contributed by atoms with Crippen LogP contribution in [-0.2, 0) is 16.1 Å². The number of hydrogen-bond acceptors (Lipinski definition) is 3. The molecule has 2 N–H and O–H groups in total. The van der Waals surface area contributed by atoms with Crippen molar-refractivity contribution in [3.63, 3.8) is 0 Å². The van der Waals surface area contributed by atoms with Gasteiger partial charge in [0, 0.05) is 13.0 Å². The van der Waals surface area contributed by atoms with Crippen LogP contribution in [0, 0.1) is 13.8 Å². The van der Waals surface area contributed by atoms with E-state index in [-0.39, 0.29) is 18.7 Å². The van der Waals surface area contributed by atoms with Crippen molar-refractivity contribution in [1.29, 1.82) is 0 Å². The highest BCUT2D eigenvalue weighted by molar-refractivity contribution is 5.93. The normalized spacial score (nSPS) is 10.3. The van der Waals surface area contributed by atoms with Gasteiger partial charge in [0.05, 0.1) is 23.5 Å². The first-order chi connectivity index (χ1) is 7.95. The fourth-order valence-corrected chi connectivity index (χ4v) is 1.61. The van der Waals surface area contributed by atoms with Crippen molar-refractivity contribution in [1.82, 2.24) is 9.78 Å². The molecule has 0 aliphatic rings. The Balaban J connectivity index is 2.71. The Labute approximate surface area is 99.6 Å². The number of hydrogen-bond donors (Lipinski definition) is 2. The summed E-state index contributed by atoms with van der Waals surface area (Å²) >= 11 is 0. The van der Waals surface area contributed by atoms with E-state index < -0.39 is 5.97 Å². The molecule has 1 heterocycles. The summed E-state index contributed by atoms with van der Waals surface area (Å²) in [5, 5.41) is 15.4. The quantitative estimate of drug-likeness (QED) is 0.811. The molecule has 0 atom stereocenters. The summed E-state index contributed by atoms with van der Waals surface area (Å²) in [6, 6.07) is 0. The second-order valence-corrected chi connectivity index (χ2v) is 3.80. The minimum Gasteiger partial charge on any atom is -0.481 e. The van der Waals surface area contributed by atoms with Crippen LogP contribution >= 0.6 is 0 Å². The fourth-order valence-electron chi connectivity index (χ4n) is 1.61. The second kappa shape index (κ2) is 5.47. The van der Waals surface area contributed by atoms with Gasteiger partial charge in [0.1, 0.15) is 0 Å². The highest BCUT2D eigenvalue weighted by Gasteiger charge is 2.13. The zero-order valence-electron chi connectivity index (χ0n) is 10.3. The lowest BCUT2D eigenvalue weighted by atomic mass is 10.2. The van der Waals surface area contributed by atoms with Crippen LogP contribution in [0.5, 0.6) is 0 Å². The number of nitrogens with zero attached hydrogens (tertiary/aromatic N) is 2. The van der Waals surface area contributed by atoms with E-state index in [2.05, 4.69) is 10.4 Å².